The van der Waals surface area contributed by atoms with Gasteiger partial charge in [0, 0.05) is 18.8 Å². The van der Waals surface area contributed by atoms with Crippen molar-refractivity contribution in [2.45, 2.75) is 9.79 Å². The van der Waals surface area contributed by atoms with E-state index in [0.717, 1.165) is 6.07 Å². The zero-order valence-electron chi connectivity index (χ0n) is 14.6. The zero-order chi connectivity index (χ0) is 20.4. The van der Waals surface area contributed by atoms with Crippen LogP contribution in [0.25, 0.3) is 0 Å². The van der Waals surface area contributed by atoms with Crippen LogP contribution in [0.5, 0.6) is 0 Å². The lowest BCUT2D eigenvalue weighted by Crippen LogP contribution is -2.40. The predicted octanol–water partition coefficient (Wildman–Crippen LogP) is -0.128. The van der Waals surface area contributed by atoms with Crippen molar-refractivity contribution in [3.8, 4) is 0 Å². The minimum absolute atomic E-state index is 0.0210. The van der Waals surface area contributed by atoms with E-state index in [0.29, 0.717) is 13.2 Å². The summed E-state index contributed by atoms with van der Waals surface area (Å²) in [6.07, 6.45) is 0. The number of hydrogen-bond donors (Lipinski definition) is 1. The summed E-state index contributed by atoms with van der Waals surface area (Å²) < 4.78 is 58.8. The van der Waals surface area contributed by atoms with Crippen molar-refractivity contribution in [1.29, 1.82) is 0 Å². The van der Waals surface area contributed by atoms with Crippen molar-refractivity contribution in [3.63, 3.8) is 0 Å². The van der Waals surface area contributed by atoms with Crippen molar-refractivity contribution in [1.82, 2.24) is 4.31 Å². The molecule has 11 heteroatoms. The number of carboxylic acids is 1. The molecule has 0 amide bonds. The molecule has 2 aromatic carbocycles. The fraction of sp³-hybridized carbons (Fsp3) is 0.235. The van der Waals surface area contributed by atoms with Gasteiger partial charge in [-0.1, -0.05) is 12.1 Å². The van der Waals surface area contributed by atoms with Crippen molar-refractivity contribution < 1.29 is 31.5 Å². The van der Waals surface area contributed by atoms with E-state index in [1.54, 1.807) is 0 Å². The van der Waals surface area contributed by atoms with Crippen LogP contribution in [0.2, 0.25) is 0 Å². The zero-order valence-corrected chi connectivity index (χ0v) is 16.2. The number of benzene rings is 2. The van der Waals surface area contributed by atoms with Crippen molar-refractivity contribution >= 4 is 31.7 Å². The van der Waals surface area contributed by atoms with Gasteiger partial charge in [-0.2, -0.15) is 4.31 Å². The fourth-order valence-corrected chi connectivity index (χ4v) is 5.11. The molecule has 1 aliphatic rings. The molecule has 1 aliphatic heterocycles. The van der Waals surface area contributed by atoms with E-state index < -0.39 is 26.0 Å². The van der Waals surface area contributed by atoms with Crippen LogP contribution >= 0.6 is 0 Å². The number of morpholine rings is 1. The van der Waals surface area contributed by atoms with Crippen LogP contribution in [0.1, 0.15) is 10.4 Å². The molecule has 1 heterocycles. The summed E-state index contributed by atoms with van der Waals surface area (Å²) in [6.45, 7) is 1.08. The SMILES string of the molecule is O=C([O-])c1cccc(NS(=O)(=O)c2ccc(S(=O)(=O)N3CCOCC3)cc2)c1. The summed E-state index contributed by atoms with van der Waals surface area (Å²) >= 11 is 0. The summed E-state index contributed by atoms with van der Waals surface area (Å²) in [5, 5.41) is 10.9. The minimum Gasteiger partial charge on any atom is -0.545 e. The molecule has 1 fully saturated rings. The first kappa shape index (κ1) is 20.3. The lowest BCUT2D eigenvalue weighted by molar-refractivity contribution is -0.255. The van der Waals surface area contributed by atoms with Crippen molar-refractivity contribution in [3.05, 3.63) is 54.1 Å². The van der Waals surface area contributed by atoms with Crippen molar-refractivity contribution in [2.24, 2.45) is 0 Å². The molecule has 0 aromatic heterocycles. The number of hydrogen-bond acceptors (Lipinski definition) is 7. The molecule has 0 spiro atoms. The van der Waals surface area contributed by atoms with Crippen LogP contribution in [-0.2, 0) is 24.8 Å². The Morgan fingerprint density at radius 1 is 0.964 bits per heavy atom. The van der Waals surface area contributed by atoms with Crippen LogP contribution in [-0.4, -0.2) is 53.4 Å². The first-order valence-corrected chi connectivity index (χ1v) is 11.1. The highest BCUT2D eigenvalue weighted by molar-refractivity contribution is 7.92. The molecule has 0 atom stereocenters. The van der Waals surface area contributed by atoms with Crippen molar-refractivity contribution in [2.75, 3.05) is 31.0 Å². The van der Waals surface area contributed by atoms with E-state index in [4.69, 9.17) is 4.74 Å². The average Bonchev–Trinajstić information content (AvgIpc) is 2.68. The summed E-state index contributed by atoms with van der Waals surface area (Å²) in [6, 6.07) is 9.97. The number of carbonyl (C=O) groups is 1. The Morgan fingerprint density at radius 2 is 1.57 bits per heavy atom. The number of ether oxygens (including phenoxy) is 1. The highest BCUT2D eigenvalue weighted by Crippen LogP contribution is 2.21. The van der Waals surface area contributed by atoms with Crippen LogP contribution < -0.4 is 9.83 Å². The van der Waals surface area contributed by atoms with Gasteiger partial charge in [-0.15, -0.1) is 0 Å². The van der Waals surface area contributed by atoms with Gasteiger partial charge in [-0.05, 0) is 42.0 Å². The third-order valence-corrected chi connectivity index (χ3v) is 7.40. The second kappa shape index (κ2) is 7.87. The molecule has 0 saturated carbocycles. The number of nitrogens with one attached hydrogen (secondary N) is 1. The number of carbonyl (C=O) groups excluding carboxylic acids is 1. The van der Waals surface area contributed by atoms with E-state index >= 15 is 0 Å². The maximum Gasteiger partial charge on any atom is 0.261 e. The van der Waals surface area contributed by atoms with E-state index in [1.165, 1.54) is 46.8 Å². The normalized spacial score (nSPS) is 15.9. The summed E-state index contributed by atoms with van der Waals surface area (Å²) in [5.41, 5.74) is -0.126. The molecule has 1 N–H and O–H groups in total. The van der Waals surface area contributed by atoms with Gasteiger partial charge in [0.05, 0.1) is 29.0 Å². The number of anilines is 1. The Balaban J connectivity index is 1.82. The van der Waals surface area contributed by atoms with Crippen LogP contribution in [0.4, 0.5) is 5.69 Å². The average molecular weight is 425 g/mol. The smallest absolute Gasteiger partial charge is 0.261 e. The van der Waals surface area contributed by atoms with Gasteiger partial charge >= 0.3 is 0 Å². The highest BCUT2D eigenvalue weighted by Gasteiger charge is 2.26. The van der Waals surface area contributed by atoms with E-state index in [9.17, 15) is 26.7 Å². The predicted molar refractivity (Wildman–Crippen MR) is 97.6 cm³/mol. The van der Waals surface area contributed by atoms with Gasteiger partial charge in [0.2, 0.25) is 10.0 Å². The summed E-state index contributed by atoms with van der Waals surface area (Å²) in [4.78, 5) is 10.7. The lowest BCUT2D eigenvalue weighted by atomic mass is 10.2. The maximum atomic E-state index is 12.6. The Hall–Kier alpha value is -2.47. The molecule has 0 aliphatic carbocycles. The standard InChI is InChI=1S/C17H18N2O7S2/c20-17(21)13-2-1-3-14(12-13)18-27(22,23)15-4-6-16(7-5-15)28(24,25)19-8-10-26-11-9-19/h1-7,12,18H,8-11H2,(H,20,21)/p-1. The molecule has 0 bridgehead atoms. The van der Waals surface area contributed by atoms with Gasteiger partial charge in [0.15, 0.2) is 0 Å². The second-order valence-corrected chi connectivity index (χ2v) is 9.58. The molecule has 1 saturated heterocycles. The molecular formula is C17H17N2O7S2-. The Morgan fingerprint density at radius 3 is 2.18 bits per heavy atom. The van der Waals surface area contributed by atoms with Crippen LogP contribution in [0.3, 0.4) is 0 Å². The fourth-order valence-electron chi connectivity index (χ4n) is 2.65. The molecule has 0 unspecified atom stereocenters. The lowest BCUT2D eigenvalue weighted by Gasteiger charge is -2.26. The molecule has 0 radical (unpaired) electrons. The van der Waals surface area contributed by atoms with Gasteiger partial charge in [0.25, 0.3) is 10.0 Å². The second-order valence-electron chi connectivity index (χ2n) is 5.96. The molecular weight excluding hydrogens is 408 g/mol. The third-order valence-electron chi connectivity index (χ3n) is 4.09. The number of rotatable bonds is 6. The van der Waals surface area contributed by atoms with Crippen LogP contribution in [0.15, 0.2) is 58.3 Å². The van der Waals surface area contributed by atoms with E-state index in [-0.39, 0.29) is 34.1 Å². The Labute approximate surface area is 162 Å². The monoisotopic (exact) mass is 425 g/mol. The molecule has 9 nitrogen and oxygen atoms in total. The minimum atomic E-state index is -4.03. The number of nitrogens with zero attached hydrogens (tertiary/aromatic N) is 1. The quantitative estimate of drug-likeness (QED) is 0.682. The topological polar surface area (TPSA) is 133 Å². The van der Waals surface area contributed by atoms with Gasteiger partial charge in [-0.25, -0.2) is 16.8 Å². The van der Waals surface area contributed by atoms with E-state index in [1.807, 2.05) is 0 Å². The Kier molecular flexibility index (Phi) is 5.70. The number of aromatic carboxylic acids is 1. The largest absolute Gasteiger partial charge is 0.545 e. The first-order valence-electron chi connectivity index (χ1n) is 8.22. The number of carboxylic acid groups (broad SMARTS) is 1. The summed E-state index contributed by atoms with van der Waals surface area (Å²) in [7, 11) is -7.77. The molecule has 3 rings (SSSR count). The van der Waals surface area contributed by atoms with Gasteiger partial charge in [0.1, 0.15) is 0 Å². The Bertz CT molecular complexity index is 1070. The maximum absolute atomic E-state index is 12.6. The molecule has 28 heavy (non-hydrogen) atoms. The molecule has 2 aromatic rings. The third kappa shape index (κ3) is 4.33. The summed E-state index contributed by atoms with van der Waals surface area (Å²) in [5.74, 6) is -1.43. The van der Waals surface area contributed by atoms with Gasteiger partial charge < -0.3 is 14.6 Å². The molecule has 150 valence electrons. The van der Waals surface area contributed by atoms with Gasteiger partial charge in [-0.3, -0.25) is 4.72 Å². The van der Waals surface area contributed by atoms with Crippen LogP contribution in [0, 0.1) is 0 Å². The van der Waals surface area contributed by atoms with E-state index in [2.05, 4.69) is 4.72 Å². The first-order chi connectivity index (χ1) is 13.2. The highest BCUT2D eigenvalue weighted by atomic mass is 32.2. The number of sulfonamides is 2.